The first-order chi connectivity index (χ1) is 14.4. The van der Waals surface area contributed by atoms with Crippen LogP contribution in [0, 0.1) is 6.92 Å². The second-order valence-corrected chi connectivity index (χ2v) is 9.54. The largest absolute Gasteiger partial charge is 0.322 e. The fourth-order valence-electron chi connectivity index (χ4n) is 3.78. The van der Waals surface area contributed by atoms with Crippen molar-refractivity contribution in [2.45, 2.75) is 37.5 Å². The van der Waals surface area contributed by atoms with Gasteiger partial charge in [-0.1, -0.05) is 12.8 Å². The Balaban J connectivity index is 1.50. The van der Waals surface area contributed by atoms with Crippen molar-refractivity contribution >= 4 is 32.7 Å². The Morgan fingerprint density at radius 1 is 1.07 bits per heavy atom. The fraction of sp³-hybridized carbons (Fsp3) is 0.381. The number of rotatable bonds is 4. The minimum atomic E-state index is -3.51. The van der Waals surface area contributed by atoms with Crippen LogP contribution in [0.5, 0.6) is 0 Å². The number of anilines is 1. The van der Waals surface area contributed by atoms with Gasteiger partial charge in [-0.2, -0.15) is 9.40 Å². The molecule has 4 rings (SSSR count). The highest BCUT2D eigenvalue weighted by molar-refractivity contribution is 7.89. The maximum absolute atomic E-state index is 12.9. The number of nitrogens with zero attached hydrogens (tertiary/aromatic N) is 4. The van der Waals surface area contributed by atoms with Crippen molar-refractivity contribution in [2.75, 3.05) is 18.4 Å². The third kappa shape index (κ3) is 3.95. The first kappa shape index (κ1) is 20.5. The molecule has 30 heavy (non-hydrogen) atoms. The number of pyridine rings is 1. The van der Waals surface area contributed by atoms with Gasteiger partial charge in [-0.15, -0.1) is 0 Å². The molecule has 1 amide bonds. The molecule has 1 N–H and O–H groups in total. The van der Waals surface area contributed by atoms with Crippen LogP contribution >= 0.6 is 0 Å². The average Bonchev–Trinajstić information content (AvgIpc) is 2.92. The number of hydrogen-bond donors (Lipinski definition) is 1. The van der Waals surface area contributed by atoms with E-state index in [1.807, 2.05) is 14.0 Å². The second kappa shape index (κ2) is 8.16. The number of fused-ring (bicyclic) bond motifs is 1. The Labute approximate surface area is 176 Å². The van der Waals surface area contributed by atoms with Gasteiger partial charge in [-0.3, -0.25) is 9.48 Å². The van der Waals surface area contributed by atoms with Crippen molar-refractivity contribution in [3.8, 4) is 0 Å². The maximum atomic E-state index is 12.9. The van der Waals surface area contributed by atoms with E-state index in [4.69, 9.17) is 0 Å². The smallest absolute Gasteiger partial charge is 0.257 e. The van der Waals surface area contributed by atoms with Crippen molar-refractivity contribution in [1.29, 1.82) is 0 Å². The molecule has 3 aromatic rings. The van der Waals surface area contributed by atoms with Crippen LogP contribution in [-0.2, 0) is 17.1 Å². The summed E-state index contributed by atoms with van der Waals surface area (Å²) in [6.07, 6.45) is 5.42. The molecule has 1 aliphatic heterocycles. The summed E-state index contributed by atoms with van der Waals surface area (Å²) in [5.74, 6) is -0.309. The number of aryl methyl sites for hydroxylation is 2. The zero-order valence-corrected chi connectivity index (χ0v) is 17.9. The average molecular weight is 428 g/mol. The molecule has 0 spiro atoms. The summed E-state index contributed by atoms with van der Waals surface area (Å²) in [6.45, 7) is 2.99. The molecule has 2 aromatic heterocycles. The van der Waals surface area contributed by atoms with Crippen molar-refractivity contribution in [2.24, 2.45) is 7.05 Å². The number of hydrogen-bond acceptors (Lipinski definition) is 5. The first-order valence-corrected chi connectivity index (χ1v) is 11.5. The van der Waals surface area contributed by atoms with Crippen molar-refractivity contribution in [3.63, 3.8) is 0 Å². The van der Waals surface area contributed by atoms with Gasteiger partial charge in [0.15, 0.2) is 5.65 Å². The lowest BCUT2D eigenvalue weighted by molar-refractivity contribution is 0.102. The van der Waals surface area contributed by atoms with E-state index in [9.17, 15) is 13.2 Å². The maximum Gasteiger partial charge on any atom is 0.257 e. The summed E-state index contributed by atoms with van der Waals surface area (Å²) >= 11 is 0. The Bertz CT molecular complexity index is 1180. The molecule has 1 aromatic carbocycles. The van der Waals surface area contributed by atoms with E-state index in [2.05, 4.69) is 15.4 Å². The van der Waals surface area contributed by atoms with Gasteiger partial charge in [0.25, 0.3) is 5.91 Å². The molecule has 0 unspecified atom stereocenters. The van der Waals surface area contributed by atoms with Gasteiger partial charge >= 0.3 is 0 Å². The van der Waals surface area contributed by atoms with Crippen molar-refractivity contribution in [1.82, 2.24) is 19.1 Å². The first-order valence-electron chi connectivity index (χ1n) is 10.1. The molecule has 1 saturated heterocycles. The third-order valence-corrected chi connectivity index (χ3v) is 7.35. The lowest BCUT2D eigenvalue weighted by Gasteiger charge is -2.20. The summed E-state index contributed by atoms with van der Waals surface area (Å²) in [7, 11) is -1.70. The molecule has 158 valence electrons. The van der Waals surface area contributed by atoms with Crippen LogP contribution in [-0.4, -0.2) is 46.5 Å². The molecular weight excluding hydrogens is 402 g/mol. The van der Waals surface area contributed by atoms with Crippen molar-refractivity contribution in [3.05, 3.63) is 47.8 Å². The Hall–Kier alpha value is -2.78. The van der Waals surface area contributed by atoms with Crippen LogP contribution in [0.4, 0.5) is 5.69 Å². The molecule has 0 atom stereocenters. The molecule has 1 aliphatic rings. The zero-order chi connectivity index (χ0) is 21.3. The Morgan fingerprint density at radius 3 is 2.40 bits per heavy atom. The number of carbonyl (C=O) groups is 1. The van der Waals surface area contributed by atoms with Crippen molar-refractivity contribution < 1.29 is 13.2 Å². The standard InChI is InChI=1S/C21H25N5O3S/c1-15-19-13-16(14-22-20(19)25(2)24-15)21(27)23-17-7-9-18(10-8-17)30(28,29)26-11-5-3-4-6-12-26/h7-10,13-14H,3-6,11-12H2,1-2H3,(H,23,27). The second-order valence-electron chi connectivity index (χ2n) is 7.60. The number of benzene rings is 1. The summed E-state index contributed by atoms with van der Waals surface area (Å²) in [4.78, 5) is 17.2. The number of sulfonamides is 1. The number of aromatic nitrogens is 3. The normalized spacial score (nSPS) is 15.8. The molecule has 0 bridgehead atoms. The van der Waals surface area contributed by atoms with Crippen LogP contribution in [0.1, 0.15) is 41.7 Å². The molecule has 1 fully saturated rings. The highest BCUT2D eigenvalue weighted by atomic mass is 32.2. The third-order valence-electron chi connectivity index (χ3n) is 5.44. The van der Waals surface area contributed by atoms with Gasteiger partial charge in [-0.05, 0) is 50.1 Å². The van der Waals surface area contributed by atoms with Gasteiger partial charge in [-0.25, -0.2) is 13.4 Å². The Kier molecular flexibility index (Phi) is 5.57. The van der Waals surface area contributed by atoms with E-state index in [-0.39, 0.29) is 10.8 Å². The van der Waals surface area contributed by atoms with Crippen LogP contribution in [0.15, 0.2) is 41.4 Å². The predicted molar refractivity (Wildman–Crippen MR) is 115 cm³/mol. The molecule has 9 heteroatoms. The van der Waals surface area contributed by atoms with Gasteiger partial charge in [0.05, 0.1) is 16.2 Å². The minimum Gasteiger partial charge on any atom is -0.322 e. The molecule has 8 nitrogen and oxygen atoms in total. The molecule has 0 saturated carbocycles. The van der Waals surface area contributed by atoms with Crippen LogP contribution in [0.2, 0.25) is 0 Å². The van der Waals surface area contributed by atoms with E-state index in [0.29, 0.717) is 30.0 Å². The van der Waals surface area contributed by atoms with Crippen LogP contribution < -0.4 is 5.32 Å². The molecular formula is C21H25N5O3S. The molecule has 0 radical (unpaired) electrons. The topological polar surface area (TPSA) is 97.2 Å². The van der Waals surface area contributed by atoms with E-state index in [1.54, 1.807) is 39.3 Å². The van der Waals surface area contributed by atoms with Gasteiger partial charge in [0.2, 0.25) is 10.0 Å². The van der Waals surface area contributed by atoms with E-state index in [1.165, 1.54) is 6.20 Å². The van der Waals surface area contributed by atoms with Crippen LogP contribution in [0.25, 0.3) is 11.0 Å². The van der Waals surface area contributed by atoms with Gasteiger partial charge < -0.3 is 5.32 Å². The highest BCUT2D eigenvalue weighted by Crippen LogP contribution is 2.22. The van der Waals surface area contributed by atoms with E-state index < -0.39 is 10.0 Å². The monoisotopic (exact) mass is 427 g/mol. The minimum absolute atomic E-state index is 0.247. The fourth-order valence-corrected chi connectivity index (χ4v) is 5.29. The van der Waals surface area contributed by atoms with E-state index >= 15 is 0 Å². The SMILES string of the molecule is Cc1nn(C)c2ncc(C(=O)Nc3ccc(S(=O)(=O)N4CCCCCC4)cc3)cc12. The lowest BCUT2D eigenvalue weighted by atomic mass is 10.2. The number of nitrogens with one attached hydrogen (secondary N) is 1. The quantitative estimate of drug-likeness (QED) is 0.690. The predicted octanol–water partition coefficient (Wildman–Crippen LogP) is 3.09. The summed E-state index contributed by atoms with van der Waals surface area (Å²) < 4.78 is 29.0. The highest BCUT2D eigenvalue weighted by Gasteiger charge is 2.25. The zero-order valence-electron chi connectivity index (χ0n) is 17.1. The van der Waals surface area contributed by atoms with Crippen LogP contribution in [0.3, 0.4) is 0 Å². The summed E-state index contributed by atoms with van der Waals surface area (Å²) in [5.41, 5.74) is 2.46. The van der Waals surface area contributed by atoms with E-state index in [0.717, 1.165) is 36.8 Å². The van der Waals surface area contributed by atoms with Gasteiger partial charge in [0.1, 0.15) is 0 Å². The summed E-state index contributed by atoms with van der Waals surface area (Å²) in [5, 5.41) is 7.94. The lowest BCUT2D eigenvalue weighted by Crippen LogP contribution is -2.31. The molecule has 0 aliphatic carbocycles. The van der Waals surface area contributed by atoms with Gasteiger partial charge in [0, 0.05) is 37.4 Å². The number of amides is 1. The Morgan fingerprint density at radius 2 is 1.73 bits per heavy atom. The number of carbonyl (C=O) groups excluding carboxylic acids is 1. The molecule has 3 heterocycles. The summed E-state index contributed by atoms with van der Waals surface area (Å²) in [6, 6.07) is 8.08.